The second-order valence-electron chi connectivity index (χ2n) is 9.19. The molecule has 3 rings (SSSR count). The number of nitrogens with one attached hydrogen (secondary N) is 2. The summed E-state index contributed by atoms with van der Waals surface area (Å²) in [5, 5.41) is 21.8. The molecule has 1 aliphatic heterocycles. The van der Waals surface area contributed by atoms with Crippen LogP contribution in [0, 0.1) is 24.0 Å². The van der Waals surface area contributed by atoms with E-state index in [1.165, 1.54) is 0 Å². The molecular formula is C25H35ClN6O3S. The number of nitrogens with zero attached hydrogens (tertiary/aromatic N) is 4. The van der Waals surface area contributed by atoms with Gasteiger partial charge in [-0.1, -0.05) is 11.6 Å². The van der Waals surface area contributed by atoms with Crippen molar-refractivity contribution in [3.63, 3.8) is 0 Å². The Kier molecular flexibility index (Phi) is 10.1. The third kappa shape index (κ3) is 7.41. The van der Waals surface area contributed by atoms with E-state index in [1.54, 1.807) is 31.4 Å². The maximum Gasteiger partial charge on any atom is 0.274 e. The number of piperidine rings is 1. The molecule has 11 heteroatoms. The summed E-state index contributed by atoms with van der Waals surface area (Å²) in [6, 6.07) is 4.28. The Morgan fingerprint density at radius 1 is 1.42 bits per heavy atom. The summed E-state index contributed by atoms with van der Waals surface area (Å²) in [4.78, 5) is 32.3. The molecule has 1 saturated heterocycles. The molecule has 1 aliphatic rings. The first-order valence-electron chi connectivity index (χ1n) is 12.2. The largest absolute Gasteiger partial charge is 0.370 e. The maximum absolute atomic E-state index is 12.7. The van der Waals surface area contributed by atoms with Gasteiger partial charge in [0.2, 0.25) is 0 Å². The summed E-state index contributed by atoms with van der Waals surface area (Å²) in [7, 11) is 1.73. The number of thiophene rings is 1. The highest BCUT2D eigenvalue weighted by molar-refractivity contribution is 7.07. The number of pyridine rings is 1. The Hall–Kier alpha value is -2.69. The third-order valence-electron chi connectivity index (χ3n) is 6.73. The Bertz CT molecular complexity index is 1050. The van der Waals surface area contributed by atoms with Crippen molar-refractivity contribution < 1.29 is 9.72 Å². The second kappa shape index (κ2) is 13.0. The highest BCUT2D eigenvalue weighted by atomic mass is 35.5. The standard InChI is InChI=1S/C25H35ClN6O3S/c1-17-13-22(26)29-19(3)24(17)25(33)28-9-5-18(2)30-10-6-21(7-11-30)31(14-20-8-12-36-16-20)23(27-4)15-32(34)35/h8,12-13,15-16,18,21,27H,5-7,9-11,14H2,1-4H3,(H,28,33)/b23-15+/t18-/m1/s1. The topological polar surface area (TPSA) is 104 Å². The normalized spacial score (nSPS) is 16.0. The van der Waals surface area contributed by atoms with Crippen LogP contribution in [0.5, 0.6) is 0 Å². The molecule has 1 atom stereocenters. The van der Waals surface area contributed by atoms with Crippen molar-refractivity contribution in [2.75, 3.05) is 26.7 Å². The highest BCUT2D eigenvalue weighted by Crippen LogP contribution is 2.25. The van der Waals surface area contributed by atoms with Crippen LogP contribution in [-0.2, 0) is 6.54 Å². The number of rotatable bonds is 11. The Labute approximate surface area is 221 Å². The molecule has 2 aromatic rings. The van der Waals surface area contributed by atoms with Crippen molar-refractivity contribution in [3.05, 3.63) is 72.6 Å². The molecular weight excluding hydrogens is 500 g/mol. The predicted molar refractivity (Wildman–Crippen MR) is 144 cm³/mol. The van der Waals surface area contributed by atoms with E-state index >= 15 is 0 Å². The van der Waals surface area contributed by atoms with Crippen LogP contribution in [0.3, 0.4) is 0 Å². The van der Waals surface area contributed by atoms with Gasteiger partial charge < -0.3 is 20.4 Å². The zero-order chi connectivity index (χ0) is 26.2. The van der Waals surface area contributed by atoms with Crippen LogP contribution in [0.2, 0.25) is 5.15 Å². The monoisotopic (exact) mass is 534 g/mol. The van der Waals surface area contributed by atoms with E-state index in [1.807, 2.05) is 12.3 Å². The Balaban J connectivity index is 1.54. The molecule has 0 aromatic carbocycles. The fraction of sp³-hybridized carbons (Fsp3) is 0.520. The number of hydrogen-bond donors (Lipinski definition) is 2. The predicted octanol–water partition coefficient (Wildman–Crippen LogP) is 4.18. The zero-order valence-electron chi connectivity index (χ0n) is 21.3. The van der Waals surface area contributed by atoms with Gasteiger partial charge in [0.1, 0.15) is 5.15 Å². The van der Waals surface area contributed by atoms with Crippen LogP contribution in [0.4, 0.5) is 0 Å². The first-order valence-corrected chi connectivity index (χ1v) is 13.5. The van der Waals surface area contributed by atoms with E-state index in [9.17, 15) is 14.9 Å². The first-order chi connectivity index (χ1) is 17.2. The molecule has 1 fully saturated rings. The number of likely N-dealkylation sites (tertiary alicyclic amines) is 1. The zero-order valence-corrected chi connectivity index (χ0v) is 22.9. The van der Waals surface area contributed by atoms with E-state index in [-0.39, 0.29) is 11.9 Å². The van der Waals surface area contributed by atoms with Crippen LogP contribution in [-0.4, -0.2) is 64.4 Å². The first kappa shape index (κ1) is 27.9. The van der Waals surface area contributed by atoms with Gasteiger partial charge in [-0.15, -0.1) is 0 Å². The molecule has 3 heterocycles. The Morgan fingerprint density at radius 3 is 2.72 bits per heavy atom. The molecule has 36 heavy (non-hydrogen) atoms. The fourth-order valence-electron chi connectivity index (χ4n) is 4.80. The average Bonchev–Trinajstić information content (AvgIpc) is 3.34. The SMILES string of the molecule is CN/C(=C\[N+](=O)[O-])N(Cc1ccsc1)C1CCN([C@H](C)CCNC(=O)c2c(C)cc(Cl)nc2C)CC1. The summed E-state index contributed by atoms with van der Waals surface area (Å²) in [6.07, 6.45) is 3.71. The van der Waals surface area contributed by atoms with Crippen molar-refractivity contribution >= 4 is 28.8 Å². The van der Waals surface area contributed by atoms with E-state index in [2.05, 4.69) is 43.8 Å². The molecule has 2 N–H and O–H groups in total. The summed E-state index contributed by atoms with van der Waals surface area (Å²) < 4.78 is 0. The van der Waals surface area contributed by atoms with Crippen molar-refractivity contribution in [1.82, 2.24) is 25.4 Å². The lowest BCUT2D eigenvalue weighted by atomic mass is 10.00. The van der Waals surface area contributed by atoms with Gasteiger partial charge in [-0.2, -0.15) is 11.3 Å². The van der Waals surface area contributed by atoms with Gasteiger partial charge in [0, 0.05) is 45.3 Å². The minimum atomic E-state index is -0.402. The van der Waals surface area contributed by atoms with E-state index < -0.39 is 4.92 Å². The highest BCUT2D eigenvalue weighted by Gasteiger charge is 2.29. The molecule has 0 unspecified atom stereocenters. The van der Waals surface area contributed by atoms with Crippen molar-refractivity contribution in [2.45, 2.75) is 58.7 Å². The number of nitro groups is 1. The smallest absolute Gasteiger partial charge is 0.274 e. The van der Waals surface area contributed by atoms with Crippen molar-refractivity contribution in [1.29, 1.82) is 0 Å². The molecule has 0 radical (unpaired) electrons. The van der Waals surface area contributed by atoms with Gasteiger partial charge in [0.15, 0.2) is 5.82 Å². The summed E-state index contributed by atoms with van der Waals surface area (Å²) in [5.41, 5.74) is 3.19. The molecule has 1 amide bonds. The number of halogens is 1. The Morgan fingerprint density at radius 2 is 2.14 bits per heavy atom. The molecule has 0 bridgehead atoms. The molecule has 0 spiro atoms. The molecule has 0 saturated carbocycles. The van der Waals surface area contributed by atoms with Gasteiger partial charge in [-0.25, -0.2) is 4.98 Å². The second-order valence-corrected chi connectivity index (χ2v) is 10.4. The number of carbonyl (C=O) groups excluding carboxylic acids is 1. The third-order valence-corrected chi connectivity index (χ3v) is 7.66. The van der Waals surface area contributed by atoms with Crippen molar-refractivity contribution in [2.24, 2.45) is 0 Å². The minimum Gasteiger partial charge on any atom is -0.370 e. The molecule has 196 valence electrons. The van der Waals surface area contributed by atoms with E-state index in [0.29, 0.717) is 41.4 Å². The number of aromatic nitrogens is 1. The van der Waals surface area contributed by atoms with E-state index in [4.69, 9.17) is 11.6 Å². The lowest BCUT2D eigenvalue weighted by Gasteiger charge is -2.41. The lowest BCUT2D eigenvalue weighted by Crippen LogP contribution is -2.48. The van der Waals surface area contributed by atoms with E-state index in [0.717, 1.165) is 49.7 Å². The van der Waals surface area contributed by atoms with Crippen LogP contribution in [0.15, 0.2) is 34.9 Å². The van der Waals surface area contributed by atoms with Gasteiger partial charge in [-0.3, -0.25) is 14.9 Å². The van der Waals surface area contributed by atoms with Crippen LogP contribution in [0.25, 0.3) is 0 Å². The molecule has 0 aliphatic carbocycles. The number of carbonyl (C=O) groups is 1. The summed E-state index contributed by atoms with van der Waals surface area (Å²) in [6.45, 7) is 8.84. The quantitative estimate of drug-likeness (QED) is 0.253. The van der Waals surface area contributed by atoms with Gasteiger partial charge >= 0.3 is 0 Å². The average molecular weight is 535 g/mol. The van der Waals surface area contributed by atoms with Crippen molar-refractivity contribution in [3.8, 4) is 0 Å². The minimum absolute atomic E-state index is 0.124. The number of hydrogen-bond acceptors (Lipinski definition) is 8. The van der Waals surface area contributed by atoms with Gasteiger partial charge in [0.25, 0.3) is 12.1 Å². The molecule has 2 aromatic heterocycles. The van der Waals surface area contributed by atoms with Crippen LogP contribution < -0.4 is 10.6 Å². The summed E-state index contributed by atoms with van der Waals surface area (Å²) in [5.74, 6) is 0.406. The van der Waals surface area contributed by atoms with Crippen LogP contribution >= 0.6 is 22.9 Å². The number of aryl methyl sites for hydroxylation is 2. The lowest BCUT2D eigenvalue weighted by molar-refractivity contribution is -0.404. The fourth-order valence-corrected chi connectivity index (χ4v) is 5.75. The van der Waals surface area contributed by atoms with Gasteiger partial charge in [-0.05, 0) is 74.1 Å². The summed E-state index contributed by atoms with van der Waals surface area (Å²) >= 11 is 7.61. The van der Waals surface area contributed by atoms with Gasteiger partial charge in [0.05, 0.1) is 16.2 Å². The maximum atomic E-state index is 12.7. The number of amides is 1. The van der Waals surface area contributed by atoms with Crippen LogP contribution in [0.1, 0.15) is 53.4 Å². The molecule has 9 nitrogen and oxygen atoms in total.